The molecule has 3 rings (SSSR count). The van der Waals surface area contributed by atoms with Crippen LogP contribution in [-0.2, 0) is 6.54 Å². The van der Waals surface area contributed by atoms with Gasteiger partial charge in [0.2, 0.25) is 0 Å². The Morgan fingerprint density at radius 3 is 3.19 bits per heavy atom. The predicted octanol–water partition coefficient (Wildman–Crippen LogP) is 0.567. The minimum Gasteiger partial charge on any atom is -0.336 e. The van der Waals surface area contributed by atoms with Crippen molar-refractivity contribution in [3.63, 3.8) is 0 Å². The van der Waals surface area contributed by atoms with Crippen LogP contribution in [0.1, 0.15) is 12.8 Å². The average molecular weight is 220 g/mol. The molecule has 2 saturated heterocycles. The third-order valence-corrected chi connectivity index (χ3v) is 4.00. The van der Waals surface area contributed by atoms with E-state index >= 15 is 0 Å². The molecule has 0 saturated carbocycles. The van der Waals surface area contributed by atoms with E-state index in [1.807, 2.05) is 18.7 Å². The van der Waals surface area contributed by atoms with Crippen molar-refractivity contribution in [2.45, 2.75) is 25.4 Å². The fourth-order valence-corrected chi connectivity index (χ4v) is 3.10. The maximum Gasteiger partial charge on any atom is 0.0946 e. The van der Waals surface area contributed by atoms with E-state index in [9.17, 15) is 0 Å². The van der Waals surface area contributed by atoms with Gasteiger partial charge in [-0.2, -0.15) is 0 Å². The molecule has 0 bridgehead atoms. The quantitative estimate of drug-likeness (QED) is 0.808. The molecule has 2 aliphatic heterocycles. The fraction of sp³-hybridized carbons (Fsp3) is 0.750. The molecule has 0 spiro atoms. The van der Waals surface area contributed by atoms with E-state index in [4.69, 9.17) is 0 Å². The molecule has 3 heterocycles. The summed E-state index contributed by atoms with van der Waals surface area (Å²) in [5.41, 5.74) is 0. The summed E-state index contributed by atoms with van der Waals surface area (Å²) in [5.74, 6) is 0.900. The van der Waals surface area contributed by atoms with Gasteiger partial charge in [-0.3, -0.25) is 4.90 Å². The van der Waals surface area contributed by atoms with E-state index in [1.54, 1.807) is 0 Å². The molecule has 2 aliphatic rings. The van der Waals surface area contributed by atoms with Crippen LogP contribution < -0.4 is 5.32 Å². The number of nitrogens with zero attached hydrogens (tertiary/aromatic N) is 3. The van der Waals surface area contributed by atoms with Crippen LogP contribution in [0.3, 0.4) is 0 Å². The van der Waals surface area contributed by atoms with Crippen LogP contribution in [0.4, 0.5) is 0 Å². The topological polar surface area (TPSA) is 33.1 Å². The van der Waals surface area contributed by atoms with Crippen molar-refractivity contribution in [2.24, 2.45) is 5.92 Å². The van der Waals surface area contributed by atoms with Crippen LogP contribution in [0.5, 0.6) is 0 Å². The lowest BCUT2D eigenvalue weighted by atomic mass is 9.92. The van der Waals surface area contributed by atoms with E-state index in [2.05, 4.69) is 19.8 Å². The molecule has 2 unspecified atom stereocenters. The molecule has 4 heteroatoms. The minimum absolute atomic E-state index is 0.789. The maximum atomic E-state index is 4.08. The number of nitrogens with one attached hydrogen (secondary N) is 1. The number of aromatic nitrogens is 2. The molecule has 2 fully saturated rings. The summed E-state index contributed by atoms with van der Waals surface area (Å²) in [7, 11) is 0. The van der Waals surface area contributed by atoms with Crippen molar-refractivity contribution in [1.82, 2.24) is 19.8 Å². The number of piperidine rings is 1. The van der Waals surface area contributed by atoms with E-state index in [1.165, 1.54) is 39.0 Å². The van der Waals surface area contributed by atoms with E-state index in [0.29, 0.717) is 0 Å². The molecular weight excluding hydrogens is 200 g/mol. The summed E-state index contributed by atoms with van der Waals surface area (Å²) in [6, 6.07) is 0.789. The highest BCUT2D eigenvalue weighted by Gasteiger charge is 2.34. The summed E-state index contributed by atoms with van der Waals surface area (Å²) < 4.78 is 2.17. The van der Waals surface area contributed by atoms with Crippen molar-refractivity contribution in [3.05, 3.63) is 18.7 Å². The van der Waals surface area contributed by atoms with Gasteiger partial charge >= 0.3 is 0 Å². The summed E-state index contributed by atoms with van der Waals surface area (Å²) in [6.45, 7) is 5.93. The first kappa shape index (κ1) is 10.3. The Bertz CT molecular complexity index is 322. The van der Waals surface area contributed by atoms with Crippen LogP contribution in [-0.4, -0.2) is 46.7 Å². The van der Waals surface area contributed by atoms with Crippen LogP contribution in [0.15, 0.2) is 18.7 Å². The lowest BCUT2D eigenvalue weighted by molar-refractivity contribution is 0.120. The van der Waals surface area contributed by atoms with E-state index in [0.717, 1.165) is 18.5 Å². The predicted molar refractivity (Wildman–Crippen MR) is 63.2 cm³/mol. The van der Waals surface area contributed by atoms with Crippen molar-refractivity contribution < 1.29 is 0 Å². The average Bonchev–Trinajstić information content (AvgIpc) is 2.97. The van der Waals surface area contributed by atoms with Gasteiger partial charge in [0.15, 0.2) is 0 Å². The maximum absolute atomic E-state index is 4.08. The number of rotatable bonds is 3. The molecule has 0 aromatic carbocycles. The number of hydrogen-bond donors (Lipinski definition) is 1. The normalized spacial score (nSPS) is 30.5. The van der Waals surface area contributed by atoms with Crippen molar-refractivity contribution >= 4 is 0 Å². The van der Waals surface area contributed by atoms with Crippen molar-refractivity contribution in [3.8, 4) is 0 Å². The molecule has 1 aromatic heterocycles. The Hall–Kier alpha value is -0.870. The zero-order chi connectivity index (χ0) is 10.8. The number of imidazole rings is 1. The van der Waals surface area contributed by atoms with Gasteiger partial charge < -0.3 is 9.88 Å². The molecule has 1 aromatic rings. The third kappa shape index (κ3) is 1.99. The Morgan fingerprint density at radius 2 is 2.31 bits per heavy atom. The monoisotopic (exact) mass is 220 g/mol. The third-order valence-electron chi connectivity index (χ3n) is 4.00. The molecule has 0 aliphatic carbocycles. The van der Waals surface area contributed by atoms with Crippen molar-refractivity contribution in [1.29, 1.82) is 0 Å². The summed E-state index contributed by atoms with van der Waals surface area (Å²) in [6.07, 6.45) is 8.60. The lowest BCUT2D eigenvalue weighted by Gasteiger charge is -2.37. The van der Waals surface area contributed by atoms with E-state index in [-0.39, 0.29) is 0 Å². The number of hydrogen-bond acceptors (Lipinski definition) is 3. The smallest absolute Gasteiger partial charge is 0.0946 e. The second kappa shape index (κ2) is 4.55. The Labute approximate surface area is 96.7 Å². The SMILES string of the molecule is c1cn(CCN2CCCC3CNCC32)cn1. The molecule has 0 amide bonds. The van der Waals surface area contributed by atoms with Crippen LogP contribution in [0, 0.1) is 5.92 Å². The molecule has 0 radical (unpaired) electrons. The zero-order valence-corrected chi connectivity index (χ0v) is 9.68. The van der Waals surface area contributed by atoms with Gasteiger partial charge in [-0.25, -0.2) is 4.98 Å². The van der Waals surface area contributed by atoms with E-state index < -0.39 is 0 Å². The first-order valence-electron chi connectivity index (χ1n) is 6.34. The van der Waals surface area contributed by atoms with Gasteiger partial charge in [-0.15, -0.1) is 0 Å². The van der Waals surface area contributed by atoms with Gasteiger partial charge in [0, 0.05) is 38.1 Å². The Kier molecular flexibility index (Phi) is 2.93. The first-order valence-corrected chi connectivity index (χ1v) is 6.34. The van der Waals surface area contributed by atoms with Gasteiger partial charge in [-0.1, -0.05) is 0 Å². The number of fused-ring (bicyclic) bond motifs is 1. The van der Waals surface area contributed by atoms with Crippen LogP contribution in [0.25, 0.3) is 0 Å². The molecular formula is C12H20N4. The number of likely N-dealkylation sites (tertiary alicyclic amines) is 1. The van der Waals surface area contributed by atoms with Crippen LogP contribution in [0.2, 0.25) is 0 Å². The van der Waals surface area contributed by atoms with Crippen molar-refractivity contribution in [2.75, 3.05) is 26.2 Å². The second-order valence-electron chi connectivity index (χ2n) is 4.96. The highest BCUT2D eigenvalue weighted by Crippen LogP contribution is 2.25. The Morgan fingerprint density at radius 1 is 1.31 bits per heavy atom. The largest absolute Gasteiger partial charge is 0.336 e. The highest BCUT2D eigenvalue weighted by molar-refractivity contribution is 4.92. The summed E-state index contributed by atoms with van der Waals surface area (Å²) in [5, 5.41) is 3.53. The molecule has 16 heavy (non-hydrogen) atoms. The first-order chi connectivity index (χ1) is 7.93. The molecule has 1 N–H and O–H groups in total. The van der Waals surface area contributed by atoms with Gasteiger partial charge in [0.05, 0.1) is 6.33 Å². The lowest BCUT2D eigenvalue weighted by Crippen LogP contribution is -2.46. The fourth-order valence-electron chi connectivity index (χ4n) is 3.10. The minimum atomic E-state index is 0.789. The summed E-state index contributed by atoms with van der Waals surface area (Å²) in [4.78, 5) is 6.75. The molecule has 2 atom stereocenters. The zero-order valence-electron chi connectivity index (χ0n) is 9.68. The highest BCUT2D eigenvalue weighted by atomic mass is 15.2. The Balaban J connectivity index is 1.57. The molecule has 88 valence electrons. The van der Waals surface area contributed by atoms with Gasteiger partial charge in [0.25, 0.3) is 0 Å². The second-order valence-corrected chi connectivity index (χ2v) is 4.96. The molecule has 4 nitrogen and oxygen atoms in total. The standard InChI is InChI=1S/C12H20N4/c1-2-11-8-14-9-12(11)16(4-1)7-6-15-5-3-13-10-15/h3,5,10-12,14H,1-2,4,6-9H2. The summed E-state index contributed by atoms with van der Waals surface area (Å²) >= 11 is 0. The van der Waals surface area contributed by atoms with Crippen LogP contribution >= 0.6 is 0 Å². The van der Waals surface area contributed by atoms with Gasteiger partial charge in [0.1, 0.15) is 0 Å². The van der Waals surface area contributed by atoms with Gasteiger partial charge in [-0.05, 0) is 31.8 Å².